The van der Waals surface area contributed by atoms with E-state index in [0.717, 1.165) is 35.5 Å². The molecule has 1 amide bonds. The first-order chi connectivity index (χ1) is 18.1. The molecule has 0 spiro atoms. The Morgan fingerprint density at radius 1 is 1.00 bits per heavy atom. The molecule has 2 aromatic rings. The van der Waals surface area contributed by atoms with E-state index in [1.165, 1.54) is 19.3 Å². The van der Waals surface area contributed by atoms with Gasteiger partial charge in [-0.1, -0.05) is 73.9 Å². The SMILES string of the molecule is C\C=C/C=C\C=C(/C)N(c1ccccc1)c1ccc(/C=C2/O/C(=N/C3CCCCC3)N(CC)C2=O)cc1. The lowest BCUT2D eigenvalue weighted by molar-refractivity contribution is -0.122. The van der Waals surface area contributed by atoms with Crippen LogP contribution >= 0.6 is 0 Å². The maximum absolute atomic E-state index is 13.0. The van der Waals surface area contributed by atoms with Crippen LogP contribution in [0.3, 0.4) is 0 Å². The minimum Gasteiger partial charge on any atom is -0.420 e. The molecule has 2 fully saturated rings. The third-order valence-electron chi connectivity index (χ3n) is 6.64. The van der Waals surface area contributed by atoms with Gasteiger partial charge in [-0.05, 0) is 75.6 Å². The Morgan fingerprint density at radius 3 is 2.38 bits per heavy atom. The maximum Gasteiger partial charge on any atom is 0.300 e. The van der Waals surface area contributed by atoms with Gasteiger partial charge in [0, 0.05) is 23.6 Å². The number of amides is 1. The van der Waals surface area contributed by atoms with Crippen molar-refractivity contribution in [1.29, 1.82) is 0 Å². The van der Waals surface area contributed by atoms with E-state index in [-0.39, 0.29) is 11.9 Å². The highest BCUT2D eigenvalue weighted by atomic mass is 16.5. The molecule has 2 aromatic carbocycles. The molecule has 1 aliphatic carbocycles. The van der Waals surface area contributed by atoms with Crippen LogP contribution in [0.25, 0.3) is 6.08 Å². The van der Waals surface area contributed by atoms with Gasteiger partial charge in [0.25, 0.3) is 5.91 Å². The van der Waals surface area contributed by atoms with Crippen LogP contribution < -0.4 is 4.90 Å². The predicted octanol–water partition coefficient (Wildman–Crippen LogP) is 7.77. The summed E-state index contributed by atoms with van der Waals surface area (Å²) in [5, 5.41) is 0. The average Bonchev–Trinajstić information content (AvgIpc) is 3.22. The fourth-order valence-corrected chi connectivity index (χ4v) is 4.70. The molecule has 0 N–H and O–H groups in total. The number of allylic oxidation sites excluding steroid dienone is 6. The summed E-state index contributed by atoms with van der Waals surface area (Å²) in [6, 6.07) is 19.2. The van der Waals surface area contributed by atoms with Gasteiger partial charge in [-0.15, -0.1) is 0 Å². The molecule has 0 unspecified atom stereocenters. The molecule has 1 heterocycles. The number of benzene rings is 2. The van der Waals surface area contributed by atoms with Crippen molar-refractivity contribution < 1.29 is 9.53 Å². The lowest BCUT2D eigenvalue weighted by atomic mass is 9.96. The van der Waals surface area contributed by atoms with E-state index in [9.17, 15) is 4.79 Å². The first kappa shape index (κ1) is 26.2. The van der Waals surface area contributed by atoms with E-state index in [4.69, 9.17) is 9.73 Å². The maximum atomic E-state index is 13.0. The number of anilines is 2. The highest BCUT2D eigenvalue weighted by molar-refractivity contribution is 6.11. The highest BCUT2D eigenvalue weighted by Crippen LogP contribution is 2.31. The van der Waals surface area contributed by atoms with Crippen LogP contribution in [-0.4, -0.2) is 29.4 Å². The molecule has 37 heavy (non-hydrogen) atoms. The van der Waals surface area contributed by atoms with Gasteiger partial charge in [-0.25, -0.2) is 4.99 Å². The first-order valence-electron chi connectivity index (χ1n) is 13.3. The molecule has 1 aliphatic heterocycles. The summed E-state index contributed by atoms with van der Waals surface area (Å²) in [5.41, 5.74) is 4.12. The highest BCUT2D eigenvalue weighted by Gasteiger charge is 2.34. The zero-order valence-electron chi connectivity index (χ0n) is 22.1. The summed E-state index contributed by atoms with van der Waals surface area (Å²) >= 11 is 0. The van der Waals surface area contributed by atoms with Crippen molar-refractivity contribution in [3.8, 4) is 0 Å². The van der Waals surface area contributed by atoms with Gasteiger partial charge < -0.3 is 9.64 Å². The minimum atomic E-state index is -0.126. The normalized spacial score (nSPS) is 19.5. The van der Waals surface area contributed by atoms with Crippen LogP contribution in [0.4, 0.5) is 11.4 Å². The number of hydrogen-bond donors (Lipinski definition) is 0. The monoisotopic (exact) mass is 495 g/mol. The van der Waals surface area contributed by atoms with Crippen molar-refractivity contribution in [1.82, 2.24) is 4.90 Å². The number of likely N-dealkylation sites (N-methyl/N-ethyl adjacent to an activating group) is 1. The molecule has 0 atom stereocenters. The predicted molar refractivity (Wildman–Crippen MR) is 153 cm³/mol. The average molecular weight is 496 g/mol. The van der Waals surface area contributed by atoms with Crippen molar-refractivity contribution in [2.24, 2.45) is 4.99 Å². The third kappa shape index (κ3) is 6.67. The van der Waals surface area contributed by atoms with E-state index in [2.05, 4.69) is 42.2 Å². The third-order valence-corrected chi connectivity index (χ3v) is 6.64. The Hall–Kier alpha value is -3.86. The van der Waals surface area contributed by atoms with E-state index in [1.54, 1.807) is 4.90 Å². The summed E-state index contributed by atoms with van der Waals surface area (Å²) in [5.74, 6) is 0.202. The Bertz CT molecular complexity index is 1200. The van der Waals surface area contributed by atoms with Crippen molar-refractivity contribution >= 4 is 29.4 Å². The summed E-state index contributed by atoms with van der Waals surface area (Å²) in [7, 11) is 0. The Kier molecular flexibility index (Phi) is 9.14. The number of ether oxygens (including phenoxy) is 1. The van der Waals surface area contributed by atoms with Crippen LogP contribution in [0, 0.1) is 0 Å². The number of amidine groups is 1. The van der Waals surface area contributed by atoms with Gasteiger partial charge in [0.05, 0.1) is 6.04 Å². The van der Waals surface area contributed by atoms with E-state index in [0.29, 0.717) is 18.3 Å². The van der Waals surface area contributed by atoms with Crippen molar-refractivity contribution in [2.75, 3.05) is 11.4 Å². The van der Waals surface area contributed by atoms with Crippen LogP contribution in [0.15, 0.2) is 101 Å². The van der Waals surface area contributed by atoms with Crippen LogP contribution in [0.2, 0.25) is 0 Å². The zero-order chi connectivity index (χ0) is 26.0. The molecule has 1 saturated heterocycles. The largest absolute Gasteiger partial charge is 0.420 e. The Labute approximate surface area is 221 Å². The second-order valence-electron chi connectivity index (χ2n) is 9.34. The van der Waals surface area contributed by atoms with Gasteiger partial charge in [0.2, 0.25) is 0 Å². The minimum absolute atomic E-state index is 0.126. The van der Waals surface area contributed by atoms with Crippen LogP contribution in [0.5, 0.6) is 0 Å². The first-order valence-corrected chi connectivity index (χ1v) is 13.3. The lowest BCUT2D eigenvalue weighted by Crippen LogP contribution is -2.30. The van der Waals surface area contributed by atoms with Crippen LogP contribution in [-0.2, 0) is 9.53 Å². The summed E-state index contributed by atoms with van der Waals surface area (Å²) in [4.78, 5) is 21.7. The number of aliphatic imine (C=N–C) groups is 1. The fraction of sp³-hybridized carbons (Fsp3) is 0.312. The van der Waals surface area contributed by atoms with Crippen LogP contribution in [0.1, 0.15) is 58.4 Å². The smallest absolute Gasteiger partial charge is 0.300 e. The summed E-state index contributed by atoms with van der Waals surface area (Å²) in [6.45, 7) is 6.60. The molecule has 0 bridgehead atoms. The molecule has 0 aromatic heterocycles. The molecule has 1 saturated carbocycles. The number of nitrogens with zero attached hydrogens (tertiary/aromatic N) is 3. The number of para-hydroxylation sites is 1. The second kappa shape index (κ2) is 12.9. The molecule has 4 rings (SSSR count). The van der Waals surface area contributed by atoms with Gasteiger partial charge >= 0.3 is 6.02 Å². The standard InChI is InChI=1S/C32H37N3O2/c1-4-6-7-10-15-25(3)35(28-18-13-9-14-19-28)29-22-20-26(21-23-29)24-30-31(36)34(5-2)32(37-30)33-27-16-11-8-12-17-27/h4,6-7,9-10,13-15,18-24,27H,5,8,11-12,16-17H2,1-3H3/b6-4-,10-7-,25-15+,30-24+,33-32+. The molecular weight excluding hydrogens is 458 g/mol. The second-order valence-corrected chi connectivity index (χ2v) is 9.34. The Morgan fingerprint density at radius 2 is 1.70 bits per heavy atom. The number of hydrogen-bond acceptors (Lipinski definition) is 4. The van der Waals surface area contributed by atoms with Crippen molar-refractivity contribution in [2.45, 2.75) is 58.9 Å². The molecule has 0 radical (unpaired) electrons. The zero-order valence-corrected chi connectivity index (χ0v) is 22.1. The molecule has 192 valence electrons. The number of rotatable bonds is 8. The van der Waals surface area contributed by atoms with Gasteiger partial charge in [0.15, 0.2) is 5.76 Å². The molecule has 5 heteroatoms. The van der Waals surface area contributed by atoms with E-state index < -0.39 is 0 Å². The molecular formula is C32H37N3O2. The number of carbonyl (C=O) groups is 1. The summed E-state index contributed by atoms with van der Waals surface area (Å²) < 4.78 is 5.99. The quantitative estimate of drug-likeness (QED) is 0.278. The Balaban J connectivity index is 1.57. The molecule has 2 aliphatic rings. The van der Waals surface area contributed by atoms with E-state index >= 15 is 0 Å². The van der Waals surface area contributed by atoms with Gasteiger partial charge in [0.1, 0.15) is 0 Å². The van der Waals surface area contributed by atoms with Crippen molar-refractivity contribution in [3.63, 3.8) is 0 Å². The number of carbonyl (C=O) groups excluding carboxylic acids is 1. The van der Waals surface area contributed by atoms with E-state index in [1.807, 2.05) is 74.6 Å². The lowest BCUT2D eigenvalue weighted by Gasteiger charge is -2.26. The topological polar surface area (TPSA) is 45.1 Å². The van der Waals surface area contributed by atoms with Crippen molar-refractivity contribution in [3.05, 3.63) is 102 Å². The fourth-order valence-electron chi connectivity index (χ4n) is 4.70. The molecule has 5 nitrogen and oxygen atoms in total. The summed E-state index contributed by atoms with van der Waals surface area (Å²) in [6.07, 6.45) is 17.8. The van der Waals surface area contributed by atoms with Gasteiger partial charge in [-0.2, -0.15) is 0 Å². The van der Waals surface area contributed by atoms with Gasteiger partial charge in [-0.3, -0.25) is 9.69 Å².